The van der Waals surface area contributed by atoms with Crippen molar-refractivity contribution in [2.24, 2.45) is 0 Å². The molecule has 0 spiro atoms. The number of nitrogens with zero attached hydrogens (tertiary/aromatic N) is 10. The van der Waals surface area contributed by atoms with E-state index in [4.69, 9.17) is 29.9 Å². The number of hydrogen-bond donors (Lipinski definition) is 0. The summed E-state index contributed by atoms with van der Waals surface area (Å²) in [7, 11) is 0. The van der Waals surface area contributed by atoms with Gasteiger partial charge in [-0.2, -0.15) is 0 Å². The first-order valence-electron chi connectivity index (χ1n) is 35.2. The molecule has 0 saturated heterocycles. The van der Waals surface area contributed by atoms with Gasteiger partial charge in [0.25, 0.3) is 0 Å². The number of imidazole rings is 2. The highest BCUT2D eigenvalue weighted by Crippen LogP contribution is 2.49. The molecule has 10 nitrogen and oxygen atoms in total. The fourth-order valence-electron chi connectivity index (χ4n) is 15.5. The lowest BCUT2D eigenvalue weighted by Gasteiger charge is -2.12. The third-order valence-corrected chi connectivity index (χ3v) is 21.7. The molecule has 7 heterocycles. The summed E-state index contributed by atoms with van der Waals surface area (Å²) in [4.78, 5) is 32.1. The summed E-state index contributed by atoms with van der Waals surface area (Å²) in [6.45, 7) is 0. The molecule has 0 fully saturated rings. The van der Waals surface area contributed by atoms with Gasteiger partial charge in [-0.1, -0.05) is 194 Å². The fraction of sp³-hybridized carbons (Fsp3) is 0. The van der Waals surface area contributed by atoms with Crippen LogP contribution in [-0.2, 0) is 0 Å². The Kier molecular flexibility index (Phi) is 13.9. The molecule has 0 aliphatic heterocycles. The molecule has 0 N–H and O–H groups in total. The summed E-state index contributed by atoms with van der Waals surface area (Å²) < 4.78 is 11.7. The maximum Gasteiger partial charge on any atom is 0.160 e. The van der Waals surface area contributed by atoms with Gasteiger partial charge in [0.1, 0.15) is 11.6 Å². The topological polar surface area (TPSA) is 97.1 Å². The molecule has 0 saturated carbocycles. The van der Waals surface area contributed by atoms with E-state index in [1.54, 1.807) is 0 Å². The quantitative estimate of drug-likeness (QED) is 0.121. The maximum absolute atomic E-state index is 5.40. The van der Waals surface area contributed by atoms with Crippen molar-refractivity contribution in [3.05, 3.63) is 352 Å². The Labute approximate surface area is 606 Å². The minimum absolute atomic E-state index is 0.648. The minimum atomic E-state index is 0.648. The van der Waals surface area contributed by atoms with Crippen molar-refractivity contribution in [2.75, 3.05) is 0 Å². The predicted octanol–water partition coefficient (Wildman–Crippen LogP) is 23.8. The third-order valence-electron chi connectivity index (χ3n) is 20.4. The third kappa shape index (κ3) is 10.00. The molecule has 0 aliphatic rings. The molecule has 490 valence electrons. The van der Waals surface area contributed by atoms with E-state index in [2.05, 4.69) is 346 Å². The molecule has 21 aromatic rings. The van der Waals surface area contributed by atoms with Crippen LogP contribution in [0.4, 0.5) is 0 Å². The van der Waals surface area contributed by atoms with E-state index in [1.807, 2.05) is 35.6 Å². The highest BCUT2D eigenvalue weighted by atomic mass is 32.1. The van der Waals surface area contributed by atoms with Crippen molar-refractivity contribution >= 4 is 97.2 Å². The van der Waals surface area contributed by atoms with Crippen LogP contribution in [0.3, 0.4) is 0 Å². The lowest BCUT2D eigenvalue weighted by Crippen LogP contribution is -1.98. The average Bonchev–Trinajstić information content (AvgIpc) is 1.54. The first kappa shape index (κ1) is 59.8. The van der Waals surface area contributed by atoms with Crippen molar-refractivity contribution in [1.29, 1.82) is 0 Å². The normalized spacial score (nSPS) is 11.8. The van der Waals surface area contributed by atoms with Gasteiger partial charge in [-0.05, 0) is 158 Å². The second kappa shape index (κ2) is 24.4. The first-order valence-corrected chi connectivity index (χ1v) is 36.1. The molecule has 0 atom stereocenters. The molecule has 0 bridgehead atoms. The van der Waals surface area contributed by atoms with Gasteiger partial charge in [0.2, 0.25) is 0 Å². The van der Waals surface area contributed by atoms with E-state index in [0.29, 0.717) is 11.6 Å². The Balaban J connectivity index is 0.802. The smallest absolute Gasteiger partial charge is 0.160 e. The molecule has 0 radical (unpaired) electrons. The van der Waals surface area contributed by atoms with Gasteiger partial charge in [-0.25, -0.2) is 29.9 Å². The Morgan fingerprint density at radius 1 is 0.200 bits per heavy atom. The number of para-hydroxylation sites is 6. The predicted molar refractivity (Wildman–Crippen MR) is 432 cm³/mol. The zero-order chi connectivity index (χ0) is 69.1. The molecular weight excluding hydrogens is 1300 g/mol. The number of benzene rings is 14. The zero-order valence-corrected chi connectivity index (χ0v) is 57.2. The number of thiophene rings is 1. The molecule has 0 unspecified atom stereocenters. The van der Waals surface area contributed by atoms with Crippen molar-refractivity contribution < 1.29 is 0 Å². The molecule has 105 heavy (non-hydrogen) atoms. The zero-order valence-electron chi connectivity index (χ0n) is 56.4. The van der Waals surface area contributed by atoms with Gasteiger partial charge >= 0.3 is 0 Å². The van der Waals surface area contributed by atoms with Gasteiger partial charge < -0.3 is 9.13 Å². The Hall–Kier alpha value is -14.0. The van der Waals surface area contributed by atoms with Crippen LogP contribution in [0.25, 0.3) is 199 Å². The number of fused-ring (bicyclic) bond motifs is 13. The summed E-state index contributed by atoms with van der Waals surface area (Å²) in [5.74, 6) is 3.05. The number of hydrogen-bond acceptors (Lipinski definition) is 7. The summed E-state index contributed by atoms with van der Waals surface area (Å²) in [5, 5.41) is 6.83. The van der Waals surface area contributed by atoms with Crippen molar-refractivity contribution in [3.63, 3.8) is 0 Å². The maximum atomic E-state index is 5.40. The lowest BCUT2D eigenvalue weighted by molar-refractivity contribution is 1.10. The molecule has 11 heteroatoms. The lowest BCUT2D eigenvalue weighted by atomic mass is 10.0. The van der Waals surface area contributed by atoms with Crippen molar-refractivity contribution in [2.45, 2.75) is 0 Å². The van der Waals surface area contributed by atoms with E-state index in [0.717, 1.165) is 167 Å². The van der Waals surface area contributed by atoms with Crippen molar-refractivity contribution in [1.82, 2.24) is 48.2 Å². The summed E-state index contributed by atoms with van der Waals surface area (Å²) >= 11 is 1.86. The van der Waals surface area contributed by atoms with E-state index in [-0.39, 0.29) is 0 Å². The Morgan fingerprint density at radius 3 is 0.867 bits per heavy atom. The second-order valence-corrected chi connectivity index (χ2v) is 27.6. The SMILES string of the molecule is c1ccc(-c2cc(-c3ccccc3)nc(-c3ccc4c(c3)c3c5sc6c(ccc7c6c6cc(-c8nc(-c9ccccc9)cc(-c9ccccc9)n8)ccc6n7-c6ccc(-c7nc8ccccc8n7-c7ccccc7)cc6)c5ccc3n4-c3ccc(-c4nc5ccccc5n4-c4ccccc4)cc3)n2)cc1. The monoisotopic (exact) mass is 1360 g/mol. The number of aromatic nitrogens is 10. The first-order chi connectivity index (χ1) is 52.0. The van der Waals surface area contributed by atoms with Crippen LogP contribution in [0.15, 0.2) is 352 Å². The average molecular weight is 1360 g/mol. The Bertz CT molecular complexity index is 6430. The highest BCUT2D eigenvalue weighted by molar-refractivity contribution is 7.27. The van der Waals surface area contributed by atoms with Crippen LogP contribution in [0.5, 0.6) is 0 Å². The standard InChI is InChI=1S/C94H58N10S/c1-7-23-59(24-8-1)77-57-78(60-25-9-2-10-26-60)96-91(95-77)65-43-51-81-73(55-65)87-85(101(81)69-45-39-63(40-46-69)93-99-75-35-19-21-37-83(75)103(93)67-31-15-5-16-32-67)53-49-71-72-50-54-86-88(90(72)105-89(71)87)74-56-66(92-97-79(61-27-11-3-12-28-61)58-80(98-92)62-29-13-4-14-30-62)44-52-82(74)102(86)70-47-41-64(42-48-70)94-100-76-36-20-22-38-84(76)104(94)68-33-17-6-18-34-68/h1-58H. The van der Waals surface area contributed by atoms with E-state index < -0.39 is 0 Å². The summed E-state index contributed by atoms with van der Waals surface area (Å²) in [6, 6.07) is 124. The minimum Gasteiger partial charge on any atom is -0.309 e. The summed E-state index contributed by atoms with van der Waals surface area (Å²) in [5.41, 5.74) is 23.8. The van der Waals surface area contributed by atoms with Crippen LogP contribution in [0, 0.1) is 0 Å². The highest BCUT2D eigenvalue weighted by Gasteiger charge is 2.26. The van der Waals surface area contributed by atoms with E-state index in [9.17, 15) is 0 Å². The van der Waals surface area contributed by atoms with E-state index >= 15 is 0 Å². The molecular formula is C94H58N10S. The van der Waals surface area contributed by atoms with Gasteiger partial charge in [0.05, 0.1) is 66.9 Å². The van der Waals surface area contributed by atoms with Gasteiger partial charge in [-0.15, -0.1) is 11.3 Å². The van der Waals surface area contributed by atoms with E-state index in [1.165, 1.54) is 20.2 Å². The fourth-order valence-corrected chi connectivity index (χ4v) is 17.0. The molecule has 14 aromatic carbocycles. The Morgan fingerprint density at radius 2 is 0.505 bits per heavy atom. The van der Waals surface area contributed by atoms with Crippen LogP contribution in [0.1, 0.15) is 0 Å². The van der Waals surface area contributed by atoms with Crippen LogP contribution in [-0.4, -0.2) is 48.2 Å². The molecule has 0 aliphatic carbocycles. The van der Waals surface area contributed by atoms with Gasteiger partial charge in [-0.3, -0.25) is 9.13 Å². The molecule has 7 aromatic heterocycles. The molecule has 0 amide bonds. The molecule has 21 rings (SSSR count). The van der Waals surface area contributed by atoms with Crippen LogP contribution in [0.2, 0.25) is 0 Å². The second-order valence-electron chi connectivity index (χ2n) is 26.6. The number of rotatable bonds is 12. The van der Waals surface area contributed by atoms with Crippen molar-refractivity contribution in [3.8, 4) is 113 Å². The largest absolute Gasteiger partial charge is 0.309 e. The van der Waals surface area contributed by atoms with Crippen LogP contribution < -0.4 is 0 Å². The van der Waals surface area contributed by atoms with Gasteiger partial charge in [0.15, 0.2) is 11.6 Å². The summed E-state index contributed by atoms with van der Waals surface area (Å²) in [6.07, 6.45) is 0. The van der Waals surface area contributed by atoms with Crippen LogP contribution >= 0.6 is 11.3 Å². The van der Waals surface area contributed by atoms with Gasteiger partial charge in [0, 0.05) is 109 Å².